The minimum Gasteiger partial charge on any atom is -0.395 e. The van der Waals surface area contributed by atoms with Crippen LogP contribution in [0.15, 0.2) is 30.3 Å². The number of aliphatic hydroxyl groups excluding tert-OH is 1. The third-order valence-electron chi connectivity index (χ3n) is 3.55. The number of halogens is 1. The lowest BCUT2D eigenvalue weighted by molar-refractivity contribution is 0.185. The number of aromatic nitrogens is 2. The summed E-state index contributed by atoms with van der Waals surface area (Å²) >= 11 is 6.17. The number of aliphatic hydroxyl groups is 1. The summed E-state index contributed by atoms with van der Waals surface area (Å²) in [5.74, 6) is 0.654. The fraction of sp³-hybridized carbons (Fsp3) is 0.412. The van der Waals surface area contributed by atoms with E-state index >= 15 is 0 Å². The van der Waals surface area contributed by atoms with Gasteiger partial charge < -0.3 is 10.0 Å². The maximum atomic E-state index is 12.6. The molecule has 1 aromatic heterocycles. The standard InChI is InChI=1S/C17H23ClN4O2/c1-3-8-22-16(11-13(2)20-22)19-17(24)21(9-10-23)12-14-6-4-5-7-15(14)18/h4-7,11,23H,3,8-10,12H2,1-2H3,(H,19,24). The first kappa shape index (κ1) is 18.3. The Balaban J connectivity index is 2.13. The van der Waals surface area contributed by atoms with Crippen LogP contribution in [0.4, 0.5) is 10.6 Å². The lowest BCUT2D eigenvalue weighted by Crippen LogP contribution is -2.37. The van der Waals surface area contributed by atoms with Gasteiger partial charge in [-0.3, -0.25) is 5.32 Å². The van der Waals surface area contributed by atoms with Crippen molar-refractivity contribution in [2.75, 3.05) is 18.5 Å². The third-order valence-corrected chi connectivity index (χ3v) is 3.92. The zero-order valence-corrected chi connectivity index (χ0v) is 14.8. The molecule has 1 aromatic carbocycles. The van der Waals surface area contributed by atoms with Gasteiger partial charge >= 0.3 is 6.03 Å². The average Bonchev–Trinajstić information content (AvgIpc) is 2.88. The first-order valence-corrected chi connectivity index (χ1v) is 8.37. The van der Waals surface area contributed by atoms with Crippen molar-refractivity contribution in [1.29, 1.82) is 0 Å². The second-order valence-electron chi connectivity index (χ2n) is 5.56. The molecule has 6 nitrogen and oxygen atoms in total. The lowest BCUT2D eigenvalue weighted by atomic mass is 10.2. The summed E-state index contributed by atoms with van der Waals surface area (Å²) in [5, 5.41) is 17.1. The molecule has 130 valence electrons. The van der Waals surface area contributed by atoms with Gasteiger partial charge in [0.25, 0.3) is 0 Å². The van der Waals surface area contributed by atoms with Crippen LogP contribution < -0.4 is 5.32 Å². The molecule has 0 radical (unpaired) electrons. The Labute approximate surface area is 147 Å². The van der Waals surface area contributed by atoms with Crippen LogP contribution in [0.3, 0.4) is 0 Å². The summed E-state index contributed by atoms with van der Waals surface area (Å²) in [6.07, 6.45) is 0.921. The molecule has 0 spiro atoms. The number of nitrogens with zero attached hydrogens (tertiary/aromatic N) is 3. The molecule has 24 heavy (non-hydrogen) atoms. The van der Waals surface area contributed by atoms with Crippen LogP contribution in [0.25, 0.3) is 0 Å². The predicted molar refractivity (Wildman–Crippen MR) is 95.2 cm³/mol. The topological polar surface area (TPSA) is 70.4 Å². The molecule has 0 bridgehead atoms. The van der Waals surface area contributed by atoms with Crippen LogP contribution in [0.1, 0.15) is 24.6 Å². The Morgan fingerprint density at radius 1 is 1.42 bits per heavy atom. The van der Waals surface area contributed by atoms with E-state index in [0.29, 0.717) is 17.4 Å². The van der Waals surface area contributed by atoms with Gasteiger partial charge in [0.15, 0.2) is 0 Å². The SMILES string of the molecule is CCCn1nc(C)cc1NC(=O)N(CCO)Cc1ccccc1Cl. The van der Waals surface area contributed by atoms with Gasteiger partial charge in [-0.2, -0.15) is 5.10 Å². The van der Waals surface area contributed by atoms with Crippen molar-refractivity contribution in [3.8, 4) is 0 Å². The summed E-state index contributed by atoms with van der Waals surface area (Å²) in [6.45, 7) is 5.10. The summed E-state index contributed by atoms with van der Waals surface area (Å²) in [6, 6.07) is 8.91. The second-order valence-corrected chi connectivity index (χ2v) is 5.97. The van der Waals surface area contributed by atoms with Crippen LogP contribution in [-0.2, 0) is 13.1 Å². The van der Waals surface area contributed by atoms with Crippen molar-refractivity contribution >= 4 is 23.4 Å². The number of benzene rings is 1. The molecule has 0 saturated carbocycles. The van der Waals surface area contributed by atoms with Gasteiger partial charge in [-0.05, 0) is 25.0 Å². The van der Waals surface area contributed by atoms with Gasteiger partial charge in [0, 0.05) is 30.7 Å². The molecule has 0 aliphatic carbocycles. The van der Waals surface area contributed by atoms with Crippen LogP contribution in [0, 0.1) is 6.92 Å². The summed E-state index contributed by atoms with van der Waals surface area (Å²) in [7, 11) is 0. The summed E-state index contributed by atoms with van der Waals surface area (Å²) < 4.78 is 1.78. The fourth-order valence-corrected chi connectivity index (χ4v) is 2.62. The Morgan fingerprint density at radius 3 is 2.83 bits per heavy atom. The lowest BCUT2D eigenvalue weighted by Gasteiger charge is -2.23. The quantitative estimate of drug-likeness (QED) is 0.805. The number of anilines is 1. The number of aryl methyl sites for hydroxylation is 2. The van der Waals surface area contributed by atoms with Crippen molar-refractivity contribution in [2.24, 2.45) is 0 Å². The summed E-state index contributed by atoms with van der Waals surface area (Å²) in [4.78, 5) is 14.1. The molecule has 2 rings (SSSR count). The smallest absolute Gasteiger partial charge is 0.323 e. The van der Waals surface area contributed by atoms with Gasteiger partial charge in [-0.15, -0.1) is 0 Å². The number of nitrogens with one attached hydrogen (secondary N) is 1. The molecular formula is C17H23ClN4O2. The van der Waals surface area contributed by atoms with Gasteiger partial charge in [-0.25, -0.2) is 9.48 Å². The van der Waals surface area contributed by atoms with E-state index in [1.165, 1.54) is 4.90 Å². The Kier molecular flexibility index (Phi) is 6.63. The minimum absolute atomic E-state index is 0.120. The van der Waals surface area contributed by atoms with E-state index in [1.807, 2.05) is 31.2 Å². The molecule has 0 aliphatic rings. The van der Waals surface area contributed by atoms with Crippen molar-refractivity contribution < 1.29 is 9.90 Å². The number of hydrogen-bond donors (Lipinski definition) is 2. The maximum absolute atomic E-state index is 12.6. The Bertz CT molecular complexity index is 687. The van der Waals surface area contributed by atoms with Crippen molar-refractivity contribution in [1.82, 2.24) is 14.7 Å². The van der Waals surface area contributed by atoms with Crippen LogP contribution in [-0.4, -0.2) is 39.0 Å². The zero-order chi connectivity index (χ0) is 17.5. The predicted octanol–water partition coefficient (Wildman–Crippen LogP) is 3.28. The molecule has 0 unspecified atom stereocenters. The van der Waals surface area contributed by atoms with Gasteiger partial charge in [-0.1, -0.05) is 36.7 Å². The number of hydrogen-bond acceptors (Lipinski definition) is 3. The number of carbonyl (C=O) groups excluding carboxylic acids is 1. The highest BCUT2D eigenvalue weighted by Crippen LogP contribution is 2.18. The first-order valence-electron chi connectivity index (χ1n) is 7.99. The van der Waals surface area contributed by atoms with E-state index < -0.39 is 0 Å². The molecule has 2 N–H and O–H groups in total. The molecule has 2 aromatic rings. The van der Waals surface area contributed by atoms with Gasteiger partial charge in [0.1, 0.15) is 5.82 Å². The van der Waals surface area contributed by atoms with Crippen molar-refractivity contribution in [3.05, 3.63) is 46.6 Å². The molecule has 7 heteroatoms. The molecular weight excluding hydrogens is 328 g/mol. The normalized spacial score (nSPS) is 10.7. The average molecular weight is 351 g/mol. The summed E-state index contributed by atoms with van der Waals surface area (Å²) in [5.41, 5.74) is 1.68. The van der Waals surface area contributed by atoms with E-state index in [0.717, 1.165) is 24.2 Å². The highest BCUT2D eigenvalue weighted by molar-refractivity contribution is 6.31. The largest absolute Gasteiger partial charge is 0.395 e. The Morgan fingerprint density at radius 2 is 2.17 bits per heavy atom. The molecule has 0 atom stereocenters. The number of urea groups is 1. The maximum Gasteiger partial charge on any atom is 0.323 e. The van der Waals surface area contributed by atoms with Crippen LogP contribution >= 0.6 is 11.6 Å². The van der Waals surface area contributed by atoms with E-state index in [9.17, 15) is 9.90 Å². The minimum atomic E-state index is -0.291. The second kappa shape index (κ2) is 8.70. The number of amides is 2. The van der Waals surface area contributed by atoms with Crippen molar-refractivity contribution in [3.63, 3.8) is 0 Å². The first-order chi connectivity index (χ1) is 11.5. The number of carbonyl (C=O) groups is 1. The van der Waals surface area contributed by atoms with E-state index in [-0.39, 0.29) is 19.2 Å². The van der Waals surface area contributed by atoms with E-state index in [1.54, 1.807) is 10.7 Å². The van der Waals surface area contributed by atoms with E-state index in [2.05, 4.69) is 17.3 Å². The van der Waals surface area contributed by atoms with Crippen LogP contribution in [0.2, 0.25) is 5.02 Å². The van der Waals surface area contributed by atoms with Crippen molar-refractivity contribution in [2.45, 2.75) is 33.4 Å². The van der Waals surface area contributed by atoms with Gasteiger partial charge in [0.05, 0.1) is 12.3 Å². The number of rotatable bonds is 7. The van der Waals surface area contributed by atoms with Crippen LogP contribution in [0.5, 0.6) is 0 Å². The molecule has 1 heterocycles. The Hall–Kier alpha value is -2.05. The molecule has 0 saturated heterocycles. The van der Waals surface area contributed by atoms with Gasteiger partial charge in [0.2, 0.25) is 0 Å². The fourth-order valence-electron chi connectivity index (χ4n) is 2.42. The highest BCUT2D eigenvalue weighted by Gasteiger charge is 2.17. The molecule has 0 aliphatic heterocycles. The molecule has 0 fully saturated rings. The zero-order valence-electron chi connectivity index (χ0n) is 14.0. The van der Waals surface area contributed by atoms with E-state index in [4.69, 9.17) is 11.6 Å². The highest BCUT2D eigenvalue weighted by atomic mass is 35.5. The third kappa shape index (κ3) is 4.72. The monoisotopic (exact) mass is 350 g/mol. The molecule has 2 amide bonds.